The lowest BCUT2D eigenvalue weighted by atomic mass is 9.99. The Kier molecular flexibility index (Phi) is 2.87. The third-order valence-corrected chi connectivity index (χ3v) is 2.60. The third-order valence-electron chi connectivity index (χ3n) is 2.60. The van der Waals surface area contributed by atoms with Crippen LogP contribution in [0.15, 0.2) is 4.42 Å². The van der Waals surface area contributed by atoms with Gasteiger partial charge in [0.25, 0.3) is 0 Å². The van der Waals surface area contributed by atoms with Crippen LogP contribution in [0.4, 0.5) is 6.01 Å². The first-order valence-electron chi connectivity index (χ1n) is 5.79. The van der Waals surface area contributed by atoms with Crippen molar-refractivity contribution in [1.82, 2.24) is 10.2 Å². The van der Waals surface area contributed by atoms with Gasteiger partial charge >= 0.3 is 6.01 Å². The molecule has 0 aliphatic carbocycles. The molecule has 1 aliphatic heterocycles. The van der Waals surface area contributed by atoms with Gasteiger partial charge in [-0.1, -0.05) is 5.10 Å². The van der Waals surface area contributed by atoms with E-state index in [-0.39, 0.29) is 17.7 Å². The van der Waals surface area contributed by atoms with Crippen LogP contribution in [0.5, 0.6) is 0 Å². The maximum atomic E-state index is 5.99. The Hall–Kier alpha value is -1.14. The number of rotatable bonds is 2. The minimum atomic E-state index is -0.237. The van der Waals surface area contributed by atoms with E-state index in [2.05, 4.69) is 42.8 Å². The van der Waals surface area contributed by atoms with Gasteiger partial charge in [-0.2, -0.15) is 0 Å². The molecule has 0 atom stereocenters. The molecule has 1 aliphatic rings. The SMILES string of the molecule is CC1(C)CN(c2nnc(CN)o2)CC(C)(C)O1. The quantitative estimate of drug-likeness (QED) is 0.828. The molecule has 0 spiro atoms. The summed E-state index contributed by atoms with van der Waals surface area (Å²) in [7, 11) is 0. The summed E-state index contributed by atoms with van der Waals surface area (Å²) in [6.45, 7) is 9.94. The van der Waals surface area contributed by atoms with Gasteiger partial charge < -0.3 is 19.8 Å². The lowest BCUT2D eigenvalue weighted by Gasteiger charge is -2.46. The van der Waals surface area contributed by atoms with Gasteiger partial charge in [0.2, 0.25) is 5.89 Å². The van der Waals surface area contributed by atoms with Gasteiger partial charge in [-0.25, -0.2) is 0 Å². The van der Waals surface area contributed by atoms with Crippen LogP contribution in [0.3, 0.4) is 0 Å². The molecule has 6 nitrogen and oxygen atoms in total. The maximum Gasteiger partial charge on any atom is 0.318 e. The summed E-state index contributed by atoms with van der Waals surface area (Å²) in [5.74, 6) is 0.460. The van der Waals surface area contributed by atoms with E-state index in [0.717, 1.165) is 13.1 Å². The number of anilines is 1. The molecule has 1 aromatic rings. The highest BCUT2D eigenvalue weighted by atomic mass is 16.5. The van der Waals surface area contributed by atoms with Crippen LogP contribution in [0.25, 0.3) is 0 Å². The summed E-state index contributed by atoms with van der Waals surface area (Å²) >= 11 is 0. The van der Waals surface area contributed by atoms with Crippen molar-refractivity contribution in [2.24, 2.45) is 5.73 Å². The van der Waals surface area contributed by atoms with Crippen LogP contribution in [0.2, 0.25) is 0 Å². The summed E-state index contributed by atoms with van der Waals surface area (Å²) in [5, 5.41) is 7.90. The summed E-state index contributed by atoms with van der Waals surface area (Å²) in [4.78, 5) is 2.05. The molecule has 1 aromatic heterocycles. The number of aromatic nitrogens is 2. The van der Waals surface area contributed by atoms with E-state index in [1.807, 2.05) is 0 Å². The van der Waals surface area contributed by atoms with Crippen molar-refractivity contribution >= 4 is 6.01 Å². The normalized spacial score (nSPS) is 22.8. The number of hydrogen-bond acceptors (Lipinski definition) is 6. The van der Waals surface area contributed by atoms with Crippen molar-refractivity contribution in [3.8, 4) is 0 Å². The Morgan fingerprint density at radius 3 is 2.24 bits per heavy atom. The fourth-order valence-electron chi connectivity index (χ4n) is 2.38. The average Bonchev–Trinajstić information content (AvgIpc) is 2.60. The van der Waals surface area contributed by atoms with E-state index in [9.17, 15) is 0 Å². The van der Waals surface area contributed by atoms with Gasteiger partial charge in [-0.05, 0) is 27.7 Å². The van der Waals surface area contributed by atoms with Crippen molar-refractivity contribution in [2.45, 2.75) is 45.4 Å². The first-order chi connectivity index (χ1) is 7.81. The molecule has 6 heteroatoms. The number of ether oxygens (including phenoxy) is 1. The summed E-state index contributed by atoms with van der Waals surface area (Å²) in [5.41, 5.74) is 4.99. The van der Waals surface area contributed by atoms with Crippen LogP contribution in [-0.2, 0) is 11.3 Å². The van der Waals surface area contributed by atoms with Gasteiger partial charge in [-0.3, -0.25) is 0 Å². The van der Waals surface area contributed by atoms with E-state index in [4.69, 9.17) is 14.9 Å². The predicted octanol–water partition coefficient (Wildman–Crippen LogP) is 0.922. The molecule has 2 heterocycles. The topological polar surface area (TPSA) is 77.4 Å². The summed E-state index contributed by atoms with van der Waals surface area (Å²) in [6, 6.07) is 0.523. The van der Waals surface area contributed by atoms with Gasteiger partial charge in [0.15, 0.2) is 0 Å². The molecule has 0 bridgehead atoms. The zero-order chi connectivity index (χ0) is 12.7. The monoisotopic (exact) mass is 240 g/mol. The van der Waals surface area contributed by atoms with E-state index in [1.54, 1.807) is 0 Å². The number of hydrogen-bond donors (Lipinski definition) is 1. The van der Waals surface area contributed by atoms with Crippen molar-refractivity contribution in [1.29, 1.82) is 0 Å². The summed E-state index contributed by atoms with van der Waals surface area (Å²) in [6.07, 6.45) is 0. The minimum Gasteiger partial charge on any atom is -0.407 e. The molecule has 0 saturated carbocycles. The molecule has 96 valence electrons. The molecule has 0 radical (unpaired) electrons. The van der Waals surface area contributed by atoms with E-state index >= 15 is 0 Å². The molecule has 0 aromatic carbocycles. The minimum absolute atomic E-state index is 0.237. The molecular formula is C11H20N4O2. The highest BCUT2D eigenvalue weighted by Crippen LogP contribution is 2.30. The second kappa shape index (κ2) is 3.96. The van der Waals surface area contributed by atoms with Gasteiger partial charge in [0, 0.05) is 0 Å². The van der Waals surface area contributed by atoms with Crippen LogP contribution < -0.4 is 10.6 Å². The smallest absolute Gasteiger partial charge is 0.318 e. The summed E-state index contributed by atoms with van der Waals surface area (Å²) < 4.78 is 11.5. The van der Waals surface area contributed by atoms with Crippen LogP contribution in [0, 0.1) is 0 Å². The van der Waals surface area contributed by atoms with Crippen molar-refractivity contribution in [3.63, 3.8) is 0 Å². The Balaban J connectivity index is 2.20. The molecule has 17 heavy (non-hydrogen) atoms. The number of nitrogens with two attached hydrogens (primary N) is 1. The van der Waals surface area contributed by atoms with Gasteiger partial charge in [-0.15, -0.1) is 5.10 Å². The zero-order valence-corrected chi connectivity index (χ0v) is 10.9. The van der Waals surface area contributed by atoms with Crippen molar-refractivity contribution in [2.75, 3.05) is 18.0 Å². The zero-order valence-electron chi connectivity index (χ0n) is 10.9. The Labute approximate surface area is 101 Å². The van der Waals surface area contributed by atoms with Crippen molar-refractivity contribution in [3.05, 3.63) is 5.89 Å². The van der Waals surface area contributed by atoms with Crippen LogP contribution in [-0.4, -0.2) is 34.5 Å². The van der Waals surface area contributed by atoms with Crippen LogP contribution >= 0.6 is 0 Å². The highest BCUT2D eigenvalue weighted by molar-refractivity contribution is 5.28. The first-order valence-corrected chi connectivity index (χ1v) is 5.79. The number of morpholine rings is 1. The Bertz CT molecular complexity index is 384. The molecule has 0 unspecified atom stereocenters. The third kappa shape index (κ3) is 2.76. The first kappa shape index (κ1) is 12.3. The largest absolute Gasteiger partial charge is 0.407 e. The van der Waals surface area contributed by atoms with Gasteiger partial charge in [0.1, 0.15) is 0 Å². The standard InChI is InChI=1S/C11H20N4O2/c1-10(2)6-15(7-11(3,4)17-10)9-14-13-8(5-12)16-9/h5-7,12H2,1-4H3. The fourth-order valence-corrected chi connectivity index (χ4v) is 2.38. The fraction of sp³-hybridized carbons (Fsp3) is 0.818. The Morgan fingerprint density at radius 2 is 1.76 bits per heavy atom. The average molecular weight is 240 g/mol. The maximum absolute atomic E-state index is 5.99. The lowest BCUT2D eigenvalue weighted by molar-refractivity contribution is -0.134. The van der Waals surface area contributed by atoms with Gasteiger partial charge in [0.05, 0.1) is 30.8 Å². The molecule has 1 saturated heterocycles. The molecule has 2 rings (SSSR count). The molecule has 0 amide bonds. The van der Waals surface area contributed by atoms with Crippen molar-refractivity contribution < 1.29 is 9.15 Å². The molecular weight excluding hydrogens is 220 g/mol. The Morgan fingerprint density at radius 1 is 1.18 bits per heavy atom. The highest BCUT2D eigenvalue weighted by Gasteiger charge is 2.39. The molecule has 1 fully saturated rings. The predicted molar refractivity (Wildman–Crippen MR) is 63.6 cm³/mol. The van der Waals surface area contributed by atoms with Crippen LogP contribution in [0.1, 0.15) is 33.6 Å². The number of nitrogens with zero attached hydrogens (tertiary/aromatic N) is 3. The van der Waals surface area contributed by atoms with E-state index in [0.29, 0.717) is 11.9 Å². The molecule has 2 N–H and O–H groups in total. The van der Waals surface area contributed by atoms with E-state index in [1.165, 1.54) is 0 Å². The van der Waals surface area contributed by atoms with E-state index < -0.39 is 0 Å². The second-order valence-electron chi connectivity index (χ2n) is 5.66. The second-order valence-corrected chi connectivity index (χ2v) is 5.66. The lowest BCUT2D eigenvalue weighted by Crippen LogP contribution is -2.57.